The van der Waals surface area contributed by atoms with Gasteiger partial charge in [-0.1, -0.05) is 24.3 Å². The summed E-state index contributed by atoms with van der Waals surface area (Å²) in [5, 5.41) is 0. The highest BCUT2D eigenvalue weighted by molar-refractivity contribution is 6.17. The van der Waals surface area contributed by atoms with Crippen LogP contribution in [0.15, 0.2) is 24.3 Å². The molecule has 3 heteroatoms. The number of alkyl halides is 1. The van der Waals surface area contributed by atoms with Crippen LogP contribution in [0.1, 0.15) is 24.0 Å². The van der Waals surface area contributed by atoms with Crippen LogP contribution in [0.4, 0.5) is 0 Å². The smallest absolute Gasteiger partial charge is 0.0993 e. The minimum atomic E-state index is 0.594. The predicted molar refractivity (Wildman–Crippen MR) is 73.4 cm³/mol. The largest absolute Gasteiger partial charge is 0.366 e. The third kappa shape index (κ3) is 3.05. The van der Waals surface area contributed by atoms with Gasteiger partial charge >= 0.3 is 0 Å². The van der Waals surface area contributed by atoms with Gasteiger partial charge in [-0.25, -0.2) is 0 Å². The molecule has 0 radical (unpaired) electrons. The fourth-order valence-electron chi connectivity index (χ4n) is 2.80. The maximum absolute atomic E-state index is 5.81. The lowest BCUT2D eigenvalue weighted by Crippen LogP contribution is -2.30. The average molecular weight is 266 g/mol. The molecule has 3 rings (SSSR count). The van der Waals surface area contributed by atoms with E-state index in [4.69, 9.17) is 16.3 Å². The van der Waals surface area contributed by atoms with Crippen molar-refractivity contribution in [2.75, 3.05) is 19.9 Å². The second-order valence-electron chi connectivity index (χ2n) is 5.54. The van der Waals surface area contributed by atoms with E-state index in [0.29, 0.717) is 5.88 Å². The van der Waals surface area contributed by atoms with Crippen LogP contribution >= 0.6 is 11.6 Å². The summed E-state index contributed by atoms with van der Waals surface area (Å²) in [5.41, 5.74) is 2.54. The van der Waals surface area contributed by atoms with Gasteiger partial charge in [-0.2, -0.15) is 0 Å². The number of fused-ring (bicyclic) bond motifs is 1. The van der Waals surface area contributed by atoms with E-state index >= 15 is 0 Å². The van der Waals surface area contributed by atoms with E-state index in [1.807, 2.05) is 0 Å². The van der Waals surface area contributed by atoms with Crippen molar-refractivity contribution >= 4 is 11.6 Å². The zero-order valence-electron chi connectivity index (χ0n) is 10.6. The summed E-state index contributed by atoms with van der Waals surface area (Å²) in [4.78, 5) is 2.43. The number of ether oxygens (including phenoxy) is 1. The minimum Gasteiger partial charge on any atom is -0.366 e. The molecule has 1 heterocycles. The summed E-state index contributed by atoms with van der Waals surface area (Å²) in [5.74, 6) is 2.46. The van der Waals surface area contributed by atoms with Gasteiger partial charge in [0.2, 0.25) is 0 Å². The lowest BCUT2D eigenvalue weighted by atomic mass is 10.1. The third-order valence-electron chi connectivity index (χ3n) is 4.05. The first-order valence-electron chi connectivity index (χ1n) is 6.79. The molecule has 0 amide bonds. The molecule has 1 aromatic carbocycles. The van der Waals surface area contributed by atoms with Gasteiger partial charge in [-0.15, -0.1) is 11.6 Å². The van der Waals surface area contributed by atoms with Gasteiger partial charge in [0.15, 0.2) is 0 Å². The van der Waals surface area contributed by atoms with Crippen LogP contribution < -0.4 is 0 Å². The van der Waals surface area contributed by atoms with Crippen LogP contribution in [0, 0.1) is 11.8 Å². The highest BCUT2D eigenvalue weighted by atomic mass is 35.5. The number of halogens is 1. The average Bonchev–Trinajstić information content (AvgIpc) is 3.09. The topological polar surface area (TPSA) is 12.5 Å². The van der Waals surface area contributed by atoms with Crippen molar-refractivity contribution in [2.45, 2.75) is 25.3 Å². The fourth-order valence-corrected chi connectivity index (χ4v) is 2.98. The van der Waals surface area contributed by atoms with E-state index in [0.717, 1.165) is 31.7 Å². The number of hydrogen-bond donors (Lipinski definition) is 0. The van der Waals surface area contributed by atoms with E-state index in [9.17, 15) is 0 Å². The highest BCUT2D eigenvalue weighted by Crippen LogP contribution is 2.42. The van der Waals surface area contributed by atoms with E-state index in [1.165, 1.54) is 30.5 Å². The molecule has 2 atom stereocenters. The number of rotatable bonds is 3. The molecule has 18 heavy (non-hydrogen) atoms. The number of nitrogens with zero attached hydrogens (tertiary/aromatic N) is 1. The van der Waals surface area contributed by atoms with E-state index < -0.39 is 0 Å². The number of benzene rings is 1. The van der Waals surface area contributed by atoms with Crippen LogP contribution in [0.5, 0.6) is 0 Å². The second kappa shape index (κ2) is 5.60. The zero-order valence-corrected chi connectivity index (χ0v) is 11.4. The molecule has 2 aliphatic rings. The summed E-state index contributed by atoms with van der Waals surface area (Å²) in [6.45, 7) is 3.90. The Morgan fingerprint density at radius 2 is 1.94 bits per heavy atom. The molecule has 1 aliphatic heterocycles. The van der Waals surface area contributed by atoms with Crippen molar-refractivity contribution in [1.29, 1.82) is 0 Å². The van der Waals surface area contributed by atoms with Crippen molar-refractivity contribution in [1.82, 2.24) is 4.90 Å². The van der Waals surface area contributed by atoms with Gasteiger partial charge in [-0.05, 0) is 35.8 Å². The Morgan fingerprint density at radius 3 is 2.72 bits per heavy atom. The van der Waals surface area contributed by atoms with Gasteiger partial charge in [-0.3, -0.25) is 4.90 Å². The first kappa shape index (κ1) is 12.5. The van der Waals surface area contributed by atoms with Gasteiger partial charge in [0.25, 0.3) is 0 Å². The van der Waals surface area contributed by atoms with Crippen LogP contribution in [0.2, 0.25) is 0 Å². The van der Waals surface area contributed by atoms with Gasteiger partial charge < -0.3 is 4.74 Å². The molecule has 1 saturated carbocycles. The minimum absolute atomic E-state index is 0.594. The second-order valence-corrected chi connectivity index (χ2v) is 5.81. The highest BCUT2D eigenvalue weighted by Gasteiger charge is 2.38. The lowest BCUT2D eigenvalue weighted by Gasteiger charge is -2.24. The first-order chi connectivity index (χ1) is 8.85. The Hall–Kier alpha value is -0.570. The Balaban J connectivity index is 1.59. The van der Waals surface area contributed by atoms with Crippen molar-refractivity contribution in [3.8, 4) is 0 Å². The summed E-state index contributed by atoms with van der Waals surface area (Å²) in [6, 6.07) is 8.60. The zero-order chi connectivity index (χ0) is 12.4. The number of hydrogen-bond acceptors (Lipinski definition) is 2. The maximum atomic E-state index is 5.81. The molecular formula is C15H20ClNO. The molecule has 0 spiro atoms. The molecule has 1 aromatic rings. The van der Waals surface area contributed by atoms with E-state index in [2.05, 4.69) is 29.2 Å². The van der Waals surface area contributed by atoms with Crippen LogP contribution in [-0.4, -0.2) is 24.8 Å². The molecule has 2 unspecified atom stereocenters. The quantitative estimate of drug-likeness (QED) is 0.778. The van der Waals surface area contributed by atoms with Crippen molar-refractivity contribution in [3.05, 3.63) is 35.4 Å². The summed E-state index contributed by atoms with van der Waals surface area (Å²) in [7, 11) is 0. The Morgan fingerprint density at radius 1 is 1.17 bits per heavy atom. The van der Waals surface area contributed by atoms with Crippen LogP contribution in [-0.2, 0) is 17.2 Å². The molecule has 98 valence electrons. The monoisotopic (exact) mass is 265 g/mol. The lowest BCUT2D eigenvalue weighted by molar-refractivity contribution is 0.00809. The Kier molecular flexibility index (Phi) is 3.88. The van der Waals surface area contributed by atoms with E-state index in [1.54, 1.807) is 0 Å². The molecule has 0 bridgehead atoms. The van der Waals surface area contributed by atoms with E-state index in [-0.39, 0.29) is 0 Å². The van der Waals surface area contributed by atoms with Crippen LogP contribution in [0.3, 0.4) is 0 Å². The normalized spacial score (nSPS) is 28.3. The molecule has 2 nitrogen and oxygen atoms in total. The maximum Gasteiger partial charge on any atom is 0.0993 e. The molecular weight excluding hydrogens is 246 g/mol. The van der Waals surface area contributed by atoms with Gasteiger partial charge in [0.05, 0.1) is 6.73 Å². The van der Waals surface area contributed by atoms with Gasteiger partial charge in [0.1, 0.15) is 0 Å². The van der Waals surface area contributed by atoms with Gasteiger partial charge in [0, 0.05) is 25.6 Å². The van der Waals surface area contributed by atoms with Crippen molar-refractivity contribution in [2.24, 2.45) is 11.8 Å². The standard InChI is InChI=1S/C15H20ClNO/c16-8-12-1-3-13(4-2-12)9-17-10-15-7-14(15)5-6-18-11-17/h1-4,14-15H,5-11H2. The summed E-state index contributed by atoms with van der Waals surface area (Å²) >= 11 is 5.81. The molecule has 1 aliphatic carbocycles. The molecule has 2 fully saturated rings. The first-order valence-corrected chi connectivity index (χ1v) is 7.32. The summed E-state index contributed by atoms with van der Waals surface area (Å²) in [6.07, 6.45) is 2.67. The third-order valence-corrected chi connectivity index (χ3v) is 4.36. The fraction of sp³-hybridized carbons (Fsp3) is 0.600. The summed E-state index contributed by atoms with van der Waals surface area (Å²) < 4.78 is 5.71. The van der Waals surface area contributed by atoms with Crippen LogP contribution in [0.25, 0.3) is 0 Å². The van der Waals surface area contributed by atoms with Crippen molar-refractivity contribution < 1.29 is 4.74 Å². The SMILES string of the molecule is ClCc1ccc(CN2COCCC3CC3C2)cc1. The molecule has 0 N–H and O–H groups in total. The van der Waals surface area contributed by atoms with Crippen molar-refractivity contribution in [3.63, 3.8) is 0 Å². The predicted octanol–water partition coefficient (Wildman–Crippen LogP) is 3.24. The Labute approximate surface area is 114 Å². The molecule has 0 aromatic heterocycles. The molecule has 1 saturated heterocycles. The Bertz CT molecular complexity index is 392.